The summed E-state index contributed by atoms with van der Waals surface area (Å²) in [5.74, 6) is -0.188. The van der Waals surface area contributed by atoms with E-state index in [1.165, 1.54) is 15.7 Å². The van der Waals surface area contributed by atoms with E-state index in [1.54, 1.807) is 7.05 Å². The molecule has 1 heterocycles. The molecule has 7 heteroatoms. The van der Waals surface area contributed by atoms with E-state index in [0.29, 0.717) is 19.5 Å². The highest BCUT2D eigenvalue weighted by molar-refractivity contribution is 7.86. The molecule has 1 saturated heterocycles. The van der Waals surface area contributed by atoms with E-state index in [-0.39, 0.29) is 5.91 Å². The van der Waals surface area contributed by atoms with Gasteiger partial charge in [-0.05, 0) is 25.7 Å². The second kappa shape index (κ2) is 7.21. The summed E-state index contributed by atoms with van der Waals surface area (Å²) < 4.78 is 27.3. The fourth-order valence-electron chi connectivity index (χ4n) is 2.15. The summed E-state index contributed by atoms with van der Waals surface area (Å²) in [6.07, 6.45) is 4.11. The summed E-state index contributed by atoms with van der Waals surface area (Å²) >= 11 is 0. The van der Waals surface area contributed by atoms with Crippen molar-refractivity contribution in [3.8, 4) is 0 Å². The third-order valence-corrected chi connectivity index (χ3v) is 5.48. The average Bonchev–Trinajstić information content (AvgIpc) is 2.59. The SMILES string of the molecule is CCCCN(C)S(=O)(=O)N(C)C1CCCCNC1=O. The topological polar surface area (TPSA) is 69.7 Å². The van der Waals surface area contributed by atoms with Gasteiger partial charge in [0.25, 0.3) is 10.2 Å². The Hall–Kier alpha value is -0.660. The molecule has 1 aliphatic rings. The number of amides is 1. The normalized spacial score (nSPS) is 21.5. The minimum absolute atomic E-state index is 0.188. The maximum Gasteiger partial charge on any atom is 0.282 e. The van der Waals surface area contributed by atoms with Gasteiger partial charge in [0.2, 0.25) is 5.91 Å². The van der Waals surface area contributed by atoms with E-state index >= 15 is 0 Å². The maximum absolute atomic E-state index is 12.4. The van der Waals surface area contributed by atoms with Gasteiger partial charge in [-0.2, -0.15) is 17.0 Å². The first-order valence-corrected chi connectivity index (χ1v) is 8.28. The Morgan fingerprint density at radius 3 is 2.63 bits per heavy atom. The standard InChI is InChI=1S/C12H25N3O3S/c1-4-5-10-14(2)19(17,18)15(3)11-8-6-7-9-13-12(11)16/h11H,4-10H2,1-3H3,(H,13,16). The van der Waals surface area contributed by atoms with Crippen LogP contribution in [0.25, 0.3) is 0 Å². The number of unbranched alkanes of at least 4 members (excludes halogenated alkanes) is 1. The number of rotatable bonds is 6. The Kier molecular flexibility index (Phi) is 6.22. The smallest absolute Gasteiger partial charge is 0.282 e. The monoisotopic (exact) mass is 291 g/mol. The molecule has 1 fully saturated rings. The van der Waals surface area contributed by atoms with Crippen molar-refractivity contribution in [2.24, 2.45) is 0 Å². The molecular formula is C12H25N3O3S. The molecule has 0 aromatic carbocycles. The molecular weight excluding hydrogens is 266 g/mol. The van der Waals surface area contributed by atoms with Crippen molar-refractivity contribution in [1.29, 1.82) is 0 Å². The number of carbonyl (C=O) groups excluding carboxylic acids is 1. The van der Waals surface area contributed by atoms with Gasteiger partial charge in [0, 0.05) is 27.2 Å². The quantitative estimate of drug-likeness (QED) is 0.777. The van der Waals surface area contributed by atoms with Crippen LogP contribution in [0.2, 0.25) is 0 Å². The minimum Gasteiger partial charge on any atom is -0.355 e. The molecule has 0 bridgehead atoms. The Labute approximate surface area is 116 Å². The van der Waals surface area contributed by atoms with E-state index in [1.807, 2.05) is 6.92 Å². The van der Waals surface area contributed by atoms with Gasteiger partial charge in [-0.25, -0.2) is 0 Å². The van der Waals surface area contributed by atoms with Crippen LogP contribution in [-0.4, -0.2) is 56.2 Å². The second-order valence-corrected chi connectivity index (χ2v) is 7.10. The van der Waals surface area contributed by atoms with Crippen molar-refractivity contribution in [2.45, 2.75) is 45.1 Å². The predicted octanol–water partition coefficient (Wildman–Crippen LogP) is 0.564. The second-order valence-electron chi connectivity index (χ2n) is 5.00. The lowest BCUT2D eigenvalue weighted by molar-refractivity contribution is -0.124. The molecule has 6 nitrogen and oxygen atoms in total. The Balaban J connectivity index is 2.78. The van der Waals surface area contributed by atoms with Gasteiger partial charge in [-0.15, -0.1) is 0 Å². The summed E-state index contributed by atoms with van der Waals surface area (Å²) in [7, 11) is -0.495. The summed E-state index contributed by atoms with van der Waals surface area (Å²) in [4.78, 5) is 11.9. The van der Waals surface area contributed by atoms with E-state index in [4.69, 9.17) is 0 Å². The van der Waals surface area contributed by atoms with Gasteiger partial charge in [-0.1, -0.05) is 13.3 Å². The summed E-state index contributed by atoms with van der Waals surface area (Å²) in [6.45, 7) is 3.13. The van der Waals surface area contributed by atoms with Crippen molar-refractivity contribution < 1.29 is 13.2 Å². The van der Waals surface area contributed by atoms with Crippen LogP contribution in [-0.2, 0) is 15.0 Å². The van der Waals surface area contributed by atoms with Gasteiger partial charge in [0.1, 0.15) is 6.04 Å². The minimum atomic E-state index is -3.55. The first kappa shape index (κ1) is 16.4. The average molecular weight is 291 g/mol. The highest BCUT2D eigenvalue weighted by Gasteiger charge is 2.34. The number of carbonyl (C=O) groups is 1. The molecule has 1 atom stereocenters. The van der Waals surface area contributed by atoms with Gasteiger partial charge in [0.05, 0.1) is 0 Å². The number of nitrogens with one attached hydrogen (secondary N) is 1. The van der Waals surface area contributed by atoms with E-state index in [2.05, 4.69) is 5.32 Å². The summed E-state index contributed by atoms with van der Waals surface area (Å²) in [5, 5.41) is 2.77. The first-order chi connectivity index (χ1) is 8.91. The molecule has 1 amide bonds. The van der Waals surface area contributed by atoms with Crippen LogP contribution < -0.4 is 5.32 Å². The lowest BCUT2D eigenvalue weighted by Crippen LogP contribution is -2.50. The first-order valence-electron chi connectivity index (χ1n) is 6.88. The number of nitrogens with zero attached hydrogens (tertiary/aromatic N) is 2. The highest BCUT2D eigenvalue weighted by Crippen LogP contribution is 2.16. The van der Waals surface area contributed by atoms with E-state index in [0.717, 1.165) is 25.7 Å². The molecule has 0 radical (unpaired) electrons. The van der Waals surface area contributed by atoms with Gasteiger partial charge in [-0.3, -0.25) is 4.79 Å². The van der Waals surface area contributed by atoms with Crippen LogP contribution in [0.4, 0.5) is 0 Å². The fraction of sp³-hybridized carbons (Fsp3) is 0.917. The predicted molar refractivity (Wildman–Crippen MR) is 74.9 cm³/mol. The lowest BCUT2D eigenvalue weighted by atomic mass is 10.1. The fourth-order valence-corrected chi connectivity index (χ4v) is 3.47. The number of likely N-dealkylation sites (N-methyl/N-ethyl adjacent to an activating group) is 1. The van der Waals surface area contributed by atoms with Crippen molar-refractivity contribution in [3.05, 3.63) is 0 Å². The lowest BCUT2D eigenvalue weighted by Gasteiger charge is -2.29. The zero-order chi connectivity index (χ0) is 14.5. The van der Waals surface area contributed by atoms with Gasteiger partial charge < -0.3 is 5.32 Å². The van der Waals surface area contributed by atoms with Crippen molar-refractivity contribution in [1.82, 2.24) is 13.9 Å². The molecule has 0 spiro atoms. The van der Waals surface area contributed by atoms with Crippen LogP contribution in [0.1, 0.15) is 39.0 Å². The zero-order valence-corrected chi connectivity index (χ0v) is 12.9. The third kappa shape index (κ3) is 4.15. The van der Waals surface area contributed by atoms with Crippen LogP contribution in [0.5, 0.6) is 0 Å². The molecule has 0 aliphatic carbocycles. The maximum atomic E-state index is 12.4. The van der Waals surface area contributed by atoms with Crippen LogP contribution in [0, 0.1) is 0 Å². The molecule has 19 heavy (non-hydrogen) atoms. The molecule has 1 N–H and O–H groups in total. The molecule has 112 valence electrons. The number of hydrogen-bond donors (Lipinski definition) is 1. The molecule has 1 rings (SSSR count). The van der Waals surface area contributed by atoms with Gasteiger partial charge in [0.15, 0.2) is 0 Å². The number of hydrogen-bond acceptors (Lipinski definition) is 3. The molecule has 1 unspecified atom stereocenters. The van der Waals surface area contributed by atoms with Crippen LogP contribution >= 0.6 is 0 Å². The highest BCUT2D eigenvalue weighted by atomic mass is 32.2. The van der Waals surface area contributed by atoms with E-state index < -0.39 is 16.3 Å². The Morgan fingerprint density at radius 1 is 1.32 bits per heavy atom. The molecule has 0 saturated carbocycles. The van der Waals surface area contributed by atoms with Crippen LogP contribution in [0.15, 0.2) is 0 Å². The zero-order valence-electron chi connectivity index (χ0n) is 12.1. The Morgan fingerprint density at radius 2 is 2.00 bits per heavy atom. The van der Waals surface area contributed by atoms with Crippen molar-refractivity contribution >= 4 is 16.1 Å². The van der Waals surface area contributed by atoms with E-state index in [9.17, 15) is 13.2 Å². The van der Waals surface area contributed by atoms with Crippen molar-refractivity contribution in [2.75, 3.05) is 27.2 Å². The molecule has 0 aromatic rings. The largest absolute Gasteiger partial charge is 0.355 e. The summed E-state index contributed by atoms with van der Waals surface area (Å²) in [5.41, 5.74) is 0. The summed E-state index contributed by atoms with van der Waals surface area (Å²) in [6, 6.07) is -0.587. The molecule has 1 aliphatic heterocycles. The third-order valence-electron chi connectivity index (χ3n) is 3.53. The molecule has 0 aromatic heterocycles. The Bertz CT molecular complexity index is 397. The van der Waals surface area contributed by atoms with Crippen LogP contribution in [0.3, 0.4) is 0 Å². The van der Waals surface area contributed by atoms with Crippen molar-refractivity contribution in [3.63, 3.8) is 0 Å². The van der Waals surface area contributed by atoms with Gasteiger partial charge >= 0.3 is 0 Å².